The van der Waals surface area contributed by atoms with Gasteiger partial charge < -0.3 is 24.5 Å². The molecule has 47 heavy (non-hydrogen) atoms. The number of aliphatic carboxylic acids is 1. The molecule has 2 saturated heterocycles. The van der Waals surface area contributed by atoms with E-state index < -0.39 is 17.7 Å². The minimum Gasteiger partial charge on any atom is -0.481 e. The molecule has 2 aromatic carbocycles. The molecule has 6 rings (SSSR count). The lowest BCUT2D eigenvalue weighted by Gasteiger charge is -2.48. The number of ketones is 1. The van der Waals surface area contributed by atoms with Gasteiger partial charge in [-0.1, -0.05) is 41.4 Å². The highest BCUT2D eigenvalue weighted by Crippen LogP contribution is 2.39. The number of carboxylic acid groups (broad SMARTS) is 1. The third-order valence-electron chi connectivity index (χ3n) is 10.0. The molecular formula is C35H42Cl2N4O6. The van der Waals surface area contributed by atoms with Crippen LogP contribution >= 0.6 is 23.2 Å². The molecule has 3 aliphatic rings. The van der Waals surface area contributed by atoms with Gasteiger partial charge in [0, 0.05) is 68.9 Å². The second kappa shape index (κ2) is 14.2. The summed E-state index contributed by atoms with van der Waals surface area (Å²) in [5.41, 5.74) is 2.34. The van der Waals surface area contributed by atoms with Gasteiger partial charge in [0.05, 0.1) is 34.4 Å². The molecule has 0 radical (unpaired) electrons. The van der Waals surface area contributed by atoms with Crippen LogP contribution in [0.2, 0.25) is 10.0 Å². The number of fused-ring (bicyclic) bond motifs is 1. The van der Waals surface area contributed by atoms with Crippen molar-refractivity contribution in [3.05, 3.63) is 63.8 Å². The van der Waals surface area contributed by atoms with Crippen LogP contribution < -0.4 is 5.32 Å². The molecule has 3 aromatic rings. The number of hydrogen-bond donors (Lipinski definition) is 2. The van der Waals surface area contributed by atoms with Gasteiger partial charge in [0.25, 0.3) is 5.91 Å². The number of benzene rings is 2. The third kappa shape index (κ3) is 6.82. The first-order valence-corrected chi connectivity index (χ1v) is 17.2. The van der Waals surface area contributed by atoms with Crippen LogP contribution in [0.3, 0.4) is 0 Å². The summed E-state index contributed by atoms with van der Waals surface area (Å²) in [4.78, 5) is 44.0. The Morgan fingerprint density at radius 2 is 1.68 bits per heavy atom. The van der Waals surface area contributed by atoms with Crippen molar-refractivity contribution in [1.29, 1.82) is 0 Å². The molecule has 0 spiro atoms. The van der Waals surface area contributed by atoms with E-state index in [0.29, 0.717) is 73.7 Å². The number of nitrogens with one attached hydrogen (secondary N) is 1. The van der Waals surface area contributed by atoms with Crippen molar-refractivity contribution in [3.8, 4) is 0 Å². The zero-order valence-electron chi connectivity index (χ0n) is 26.8. The lowest BCUT2D eigenvalue weighted by molar-refractivity contribution is -0.253. The third-order valence-corrected chi connectivity index (χ3v) is 10.7. The number of aryl methyl sites for hydroxylation is 1. The highest BCUT2D eigenvalue weighted by atomic mass is 35.5. The van der Waals surface area contributed by atoms with Crippen LogP contribution in [0.5, 0.6) is 0 Å². The summed E-state index contributed by atoms with van der Waals surface area (Å²) < 4.78 is 14.5. The number of amides is 1. The van der Waals surface area contributed by atoms with E-state index in [1.165, 1.54) is 0 Å². The van der Waals surface area contributed by atoms with Crippen LogP contribution in [0.15, 0.2) is 42.6 Å². The Morgan fingerprint density at radius 3 is 2.36 bits per heavy atom. The number of rotatable bonds is 11. The Kier molecular flexibility index (Phi) is 10.3. The topological polar surface area (TPSA) is 113 Å². The smallest absolute Gasteiger partial charge is 0.306 e. The lowest BCUT2D eigenvalue weighted by Crippen LogP contribution is -2.67. The molecule has 1 unspecified atom stereocenters. The van der Waals surface area contributed by atoms with Crippen LogP contribution in [-0.4, -0.2) is 88.5 Å². The predicted molar refractivity (Wildman–Crippen MR) is 181 cm³/mol. The Hall–Kier alpha value is -2.99. The summed E-state index contributed by atoms with van der Waals surface area (Å²) in [5, 5.41) is 13.9. The summed E-state index contributed by atoms with van der Waals surface area (Å²) in [6, 6.07) is 10.9. The number of ether oxygens (including phenoxy) is 2. The number of methoxy groups -OCH3 is 1. The number of anilines is 1. The number of aromatic nitrogens is 1. The van der Waals surface area contributed by atoms with Crippen molar-refractivity contribution in [3.63, 3.8) is 0 Å². The fraction of sp³-hybridized carbons (Fsp3) is 0.514. The number of nitrogens with zero attached hydrogens (tertiary/aromatic N) is 3. The van der Waals surface area contributed by atoms with Crippen LogP contribution in [0.4, 0.5) is 5.69 Å². The first kappa shape index (κ1) is 33.9. The van der Waals surface area contributed by atoms with E-state index in [1.807, 2.05) is 35.9 Å². The predicted octanol–water partition coefficient (Wildman–Crippen LogP) is 5.98. The van der Waals surface area contributed by atoms with Crippen molar-refractivity contribution < 1.29 is 29.0 Å². The number of para-hydroxylation sites is 1. The fourth-order valence-corrected chi connectivity index (χ4v) is 7.93. The number of likely N-dealkylation sites (tertiary alicyclic amines) is 2. The summed E-state index contributed by atoms with van der Waals surface area (Å²) in [5.74, 6) is -2.99. The van der Waals surface area contributed by atoms with Gasteiger partial charge in [-0.3, -0.25) is 24.2 Å². The molecule has 3 heterocycles. The monoisotopic (exact) mass is 684 g/mol. The summed E-state index contributed by atoms with van der Waals surface area (Å²) in [6.07, 6.45) is 6.28. The molecule has 1 aliphatic carbocycles. The van der Waals surface area contributed by atoms with E-state index >= 15 is 0 Å². The van der Waals surface area contributed by atoms with Gasteiger partial charge in [-0.25, -0.2) is 0 Å². The molecule has 0 bridgehead atoms. The minimum absolute atomic E-state index is 0.0289. The quantitative estimate of drug-likeness (QED) is 0.254. The maximum absolute atomic E-state index is 14.8. The van der Waals surface area contributed by atoms with E-state index in [4.69, 9.17) is 32.7 Å². The molecule has 2 N–H and O–H groups in total. The van der Waals surface area contributed by atoms with E-state index in [0.717, 1.165) is 30.2 Å². The highest BCUT2D eigenvalue weighted by Gasteiger charge is 2.54. The van der Waals surface area contributed by atoms with E-state index in [1.54, 1.807) is 25.4 Å². The average Bonchev–Trinajstić information content (AvgIpc) is 3.84. The molecule has 3 fully saturated rings. The zero-order chi connectivity index (χ0) is 33.3. The Bertz CT molecular complexity index is 1650. The Morgan fingerprint density at radius 1 is 0.957 bits per heavy atom. The van der Waals surface area contributed by atoms with Crippen molar-refractivity contribution in [1.82, 2.24) is 14.4 Å². The minimum atomic E-state index is -1.35. The van der Waals surface area contributed by atoms with Crippen LogP contribution in [0.25, 0.3) is 10.9 Å². The molecule has 2 aliphatic heterocycles. The van der Waals surface area contributed by atoms with Gasteiger partial charge in [0.1, 0.15) is 0 Å². The van der Waals surface area contributed by atoms with Gasteiger partial charge in [-0.15, -0.1) is 0 Å². The van der Waals surface area contributed by atoms with Crippen molar-refractivity contribution in [2.45, 2.75) is 69.4 Å². The molecule has 10 nitrogen and oxygen atoms in total. The first-order valence-electron chi connectivity index (χ1n) is 16.4. The fourth-order valence-electron chi connectivity index (χ4n) is 7.46. The number of carbonyl (C=O) groups excluding carboxylic acids is 2. The van der Waals surface area contributed by atoms with Crippen LogP contribution in [0.1, 0.15) is 60.9 Å². The molecule has 2 atom stereocenters. The van der Waals surface area contributed by atoms with Gasteiger partial charge in [-0.2, -0.15) is 0 Å². The number of carbonyl (C=O) groups is 3. The van der Waals surface area contributed by atoms with Crippen LogP contribution in [0, 0.1) is 5.92 Å². The molecule has 1 saturated carbocycles. The van der Waals surface area contributed by atoms with Gasteiger partial charge in [0.2, 0.25) is 5.85 Å². The number of hydrogen-bond acceptors (Lipinski definition) is 7. The standard InChI is InChI=1S/C35H42Cl2N4O6/c1-39-21-27(26-7-3-4-8-31(26)39)33(43)38-30-19-28(36)23(17-29(30)37)18-32(42)35(40-14-5-6-15-40,41-16-13-25(20-41)46-2)47-24-11-9-22(10-12-24)34(44)45/h3-4,7-8,17,19,21-22,24-25H,5-6,9-16,18,20H2,1-2H3,(H,38,43)(H,44,45)/t22-,24-,25-,35?/m0/s1. The van der Waals surface area contributed by atoms with Crippen molar-refractivity contribution >= 4 is 57.5 Å². The van der Waals surface area contributed by atoms with E-state index in [-0.39, 0.29) is 35.3 Å². The number of Topliss-reactive ketones (excluding diaryl/α,β-unsaturated/α-hetero) is 1. The van der Waals surface area contributed by atoms with Gasteiger partial charge >= 0.3 is 5.97 Å². The second-order valence-electron chi connectivity index (χ2n) is 13.0. The maximum Gasteiger partial charge on any atom is 0.306 e. The largest absolute Gasteiger partial charge is 0.481 e. The lowest BCUT2D eigenvalue weighted by atomic mass is 9.87. The molecule has 252 valence electrons. The number of carboxylic acids is 1. The maximum atomic E-state index is 14.8. The van der Waals surface area contributed by atoms with Crippen LogP contribution in [-0.2, 0) is 32.5 Å². The Labute approximate surface area is 284 Å². The summed E-state index contributed by atoms with van der Waals surface area (Å²) in [7, 11) is 3.57. The summed E-state index contributed by atoms with van der Waals surface area (Å²) >= 11 is 13.6. The van der Waals surface area contributed by atoms with Crippen molar-refractivity contribution in [2.75, 3.05) is 38.6 Å². The number of halogens is 2. The molecular weight excluding hydrogens is 643 g/mol. The zero-order valence-corrected chi connectivity index (χ0v) is 28.4. The van der Waals surface area contributed by atoms with Crippen molar-refractivity contribution in [2.24, 2.45) is 13.0 Å². The average molecular weight is 686 g/mol. The van der Waals surface area contributed by atoms with E-state index in [9.17, 15) is 19.5 Å². The highest BCUT2D eigenvalue weighted by molar-refractivity contribution is 6.36. The molecule has 1 amide bonds. The van der Waals surface area contributed by atoms with Gasteiger partial charge in [0.15, 0.2) is 5.78 Å². The Balaban J connectivity index is 1.27. The molecule has 12 heteroatoms. The first-order chi connectivity index (χ1) is 22.6. The second-order valence-corrected chi connectivity index (χ2v) is 13.8. The van der Waals surface area contributed by atoms with E-state index in [2.05, 4.69) is 15.1 Å². The van der Waals surface area contributed by atoms with Gasteiger partial charge in [-0.05, 0) is 68.7 Å². The normalized spacial score (nSPS) is 23.6. The SMILES string of the molecule is CO[C@H]1CCN(C(O[C@H]2CC[C@H](C(=O)O)CC2)(C(=O)Cc2cc(Cl)c(NC(=O)c3cn(C)c4ccccc34)cc2Cl)N2CCCC2)C1. The summed E-state index contributed by atoms with van der Waals surface area (Å²) in [6.45, 7) is 2.58. The molecule has 1 aromatic heterocycles.